The third-order valence-corrected chi connectivity index (χ3v) is 5.75. The Kier molecular flexibility index (Phi) is 4.28. The van der Waals surface area contributed by atoms with Gasteiger partial charge in [-0.05, 0) is 17.0 Å². The second kappa shape index (κ2) is 6.61. The molecule has 1 aliphatic heterocycles. The molecular formula is C20H20N4OS. The molecule has 1 aliphatic rings. The van der Waals surface area contributed by atoms with Gasteiger partial charge in [0.1, 0.15) is 5.69 Å². The van der Waals surface area contributed by atoms with Gasteiger partial charge in [-0.3, -0.25) is 4.79 Å². The fourth-order valence-corrected chi connectivity index (χ4v) is 4.32. The average molecular weight is 364 g/mol. The summed E-state index contributed by atoms with van der Waals surface area (Å²) >= 11 is 1.40. The molecule has 1 unspecified atom stereocenters. The maximum absolute atomic E-state index is 13.0. The average Bonchev–Trinajstić information content (AvgIpc) is 3.27. The van der Waals surface area contributed by atoms with Gasteiger partial charge < -0.3 is 4.90 Å². The van der Waals surface area contributed by atoms with E-state index in [0.717, 1.165) is 6.54 Å². The van der Waals surface area contributed by atoms with Crippen LogP contribution in [0.5, 0.6) is 0 Å². The maximum atomic E-state index is 13.0. The Hall–Kier alpha value is -2.60. The highest BCUT2D eigenvalue weighted by molar-refractivity contribution is 7.13. The topological polar surface area (TPSA) is 59.0 Å². The van der Waals surface area contributed by atoms with E-state index in [1.54, 1.807) is 23.8 Å². The number of benzene rings is 1. The molecule has 0 saturated carbocycles. The molecule has 5 nitrogen and oxygen atoms in total. The van der Waals surface area contributed by atoms with Crippen LogP contribution in [-0.2, 0) is 0 Å². The molecule has 3 aromatic rings. The summed E-state index contributed by atoms with van der Waals surface area (Å²) in [6.07, 6.45) is 3.36. The van der Waals surface area contributed by atoms with E-state index in [4.69, 9.17) is 0 Å². The van der Waals surface area contributed by atoms with Crippen molar-refractivity contribution in [2.75, 3.05) is 13.1 Å². The van der Waals surface area contributed by atoms with Crippen LogP contribution >= 0.6 is 11.3 Å². The summed E-state index contributed by atoms with van der Waals surface area (Å²) in [5.74, 6) is 0.860. The molecule has 1 amide bonds. The van der Waals surface area contributed by atoms with Crippen molar-refractivity contribution in [3.8, 4) is 10.8 Å². The van der Waals surface area contributed by atoms with Gasteiger partial charge in [0, 0.05) is 36.8 Å². The number of carbonyl (C=O) groups is 1. The Morgan fingerprint density at radius 1 is 1.15 bits per heavy atom. The van der Waals surface area contributed by atoms with Crippen LogP contribution < -0.4 is 0 Å². The zero-order valence-corrected chi connectivity index (χ0v) is 15.6. The van der Waals surface area contributed by atoms with Crippen molar-refractivity contribution in [3.63, 3.8) is 0 Å². The molecule has 0 bridgehead atoms. The molecule has 1 atom stereocenters. The van der Waals surface area contributed by atoms with E-state index in [9.17, 15) is 4.79 Å². The first-order valence-corrected chi connectivity index (χ1v) is 9.50. The molecule has 4 rings (SSSR count). The fourth-order valence-electron chi connectivity index (χ4n) is 3.58. The molecule has 132 valence electrons. The molecule has 6 heteroatoms. The third-order valence-electron chi connectivity index (χ3n) is 4.91. The van der Waals surface area contributed by atoms with Gasteiger partial charge in [-0.15, -0.1) is 11.3 Å². The van der Waals surface area contributed by atoms with Crippen LogP contribution in [-0.4, -0.2) is 38.8 Å². The van der Waals surface area contributed by atoms with Crippen LogP contribution in [0.3, 0.4) is 0 Å². The van der Waals surface area contributed by atoms with Gasteiger partial charge >= 0.3 is 0 Å². The van der Waals surface area contributed by atoms with Gasteiger partial charge in [-0.25, -0.2) is 15.0 Å². The summed E-state index contributed by atoms with van der Waals surface area (Å²) in [6.45, 7) is 5.88. The molecule has 0 spiro atoms. The second-order valence-electron chi connectivity index (χ2n) is 7.25. The number of carbonyl (C=O) groups excluding carboxylic acids is 1. The van der Waals surface area contributed by atoms with Gasteiger partial charge in [0.25, 0.3) is 5.91 Å². The fraction of sp³-hybridized carbons (Fsp3) is 0.300. The predicted octanol–water partition coefficient (Wildman–Crippen LogP) is 3.87. The normalized spacial score (nSPS) is 18.8. The summed E-state index contributed by atoms with van der Waals surface area (Å²) in [4.78, 5) is 27.8. The van der Waals surface area contributed by atoms with Crippen molar-refractivity contribution < 1.29 is 4.79 Å². The SMILES string of the molecule is CC1(C)CN(C(=O)c2csc(-c3ncccn3)n2)CC1c1ccccc1. The lowest BCUT2D eigenvalue weighted by Crippen LogP contribution is -2.30. The summed E-state index contributed by atoms with van der Waals surface area (Å²) < 4.78 is 0. The van der Waals surface area contributed by atoms with E-state index < -0.39 is 0 Å². The Morgan fingerprint density at radius 2 is 1.88 bits per heavy atom. The molecule has 1 saturated heterocycles. The van der Waals surface area contributed by atoms with Crippen LogP contribution in [0.4, 0.5) is 0 Å². The molecule has 0 radical (unpaired) electrons. The first-order chi connectivity index (χ1) is 12.5. The molecule has 2 aromatic heterocycles. The summed E-state index contributed by atoms with van der Waals surface area (Å²) in [5, 5.41) is 2.48. The molecular weight excluding hydrogens is 344 g/mol. The largest absolute Gasteiger partial charge is 0.336 e. The van der Waals surface area contributed by atoms with Crippen LogP contribution in [0.15, 0.2) is 54.2 Å². The molecule has 1 fully saturated rings. The molecule has 26 heavy (non-hydrogen) atoms. The van der Waals surface area contributed by atoms with E-state index in [1.807, 2.05) is 11.0 Å². The standard InChI is InChI=1S/C20H20N4OS/c1-20(2)13-24(11-15(20)14-7-4-3-5-8-14)19(25)16-12-26-18(23-16)17-21-9-6-10-22-17/h3-10,12,15H,11,13H2,1-2H3. The highest BCUT2D eigenvalue weighted by Crippen LogP contribution is 2.42. The van der Waals surface area contributed by atoms with Crippen molar-refractivity contribution in [1.29, 1.82) is 0 Å². The predicted molar refractivity (Wildman–Crippen MR) is 102 cm³/mol. The van der Waals surface area contributed by atoms with E-state index in [1.165, 1.54) is 16.9 Å². The van der Waals surface area contributed by atoms with Gasteiger partial charge in [-0.2, -0.15) is 0 Å². The summed E-state index contributed by atoms with van der Waals surface area (Å²) in [5.41, 5.74) is 1.78. The first-order valence-electron chi connectivity index (χ1n) is 8.62. The quantitative estimate of drug-likeness (QED) is 0.708. The minimum absolute atomic E-state index is 0.0186. The number of likely N-dealkylation sites (tertiary alicyclic amines) is 1. The van der Waals surface area contributed by atoms with Crippen molar-refractivity contribution in [1.82, 2.24) is 19.9 Å². The zero-order valence-electron chi connectivity index (χ0n) is 14.8. The summed E-state index contributed by atoms with van der Waals surface area (Å²) in [7, 11) is 0. The number of hydrogen-bond donors (Lipinski definition) is 0. The van der Waals surface area contributed by atoms with Gasteiger partial charge in [-0.1, -0.05) is 44.2 Å². The lowest BCUT2D eigenvalue weighted by Gasteiger charge is -2.25. The summed E-state index contributed by atoms with van der Waals surface area (Å²) in [6, 6.07) is 12.2. The van der Waals surface area contributed by atoms with Crippen molar-refractivity contribution in [2.24, 2.45) is 5.41 Å². The molecule has 0 aliphatic carbocycles. The number of hydrogen-bond acceptors (Lipinski definition) is 5. The maximum Gasteiger partial charge on any atom is 0.273 e. The van der Waals surface area contributed by atoms with E-state index in [-0.39, 0.29) is 11.3 Å². The van der Waals surface area contributed by atoms with Crippen LogP contribution in [0.1, 0.15) is 35.8 Å². The van der Waals surface area contributed by atoms with Crippen molar-refractivity contribution in [3.05, 3.63) is 65.4 Å². The lowest BCUT2D eigenvalue weighted by atomic mass is 9.78. The van der Waals surface area contributed by atoms with E-state index in [2.05, 4.69) is 53.1 Å². The number of thiazole rings is 1. The molecule has 1 aromatic carbocycles. The Bertz CT molecular complexity index is 908. The Labute approximate surface area is 156 Å². The molecule has 3 heterocycles. The minimum atomic E-state index is -0.0186. The zero-order chi connectivity index (χ0) is 18.1. The minimum Gasteiger partial charge on any atom is -0.336 e. The second-order valence-corrected chi connectivity index (χ2v) is 8.11. The smallest absolute Gasteiger partial charge is 0.273 e. The van der Waals surface area contributed by atoms with Crippen molar-refractivity contribution in [2.45, 2.75) is 19.8 Å². The highest BCUT2D eigenvalue weighted by Gasteiger charge is 2.42. The van der Waals surface area contributed by atoms with Gasteiger partial charge in [0.2, 0.25) is 0 Å². The lowest BCUT2D eigenvalue weighted by molar-refractivity contribution is 0.0773. The number of nitrogens with zero attached hydrogens (tertiary/aromatic N) is 4. The first kappa shape index (κ1) is 16.8. The van der Waals surface area contributed by atoms with Gasteiger partial charge in [0.15, 0.2) is 10.8 Å². The monoisotopic (exact) mass is 364 g/mol. The number of aromatic nitrogens is 3. The van der Waals surface area contributed by atoms with Crippen molar-refractivity contribution >= 4 is 17.2 Å². The van der Waals surface area contributed by atoms with E-state index >= 15 is 0 Å². The Balaban J connectivity index is 1.55. The van der Waals surface area contributed by atoms with Crippen LogP contribution in [0, 0.1) is 5.41 Å². The van der Waals surface area contributed by atoms with Crippen LogP contribution in [0.2, 0.25) is 0 Å². The van der Waals surface area contributed by atoms with Gasteiger partial charge in [0.05, 0.1) is 0 Å². The third kappa shape index (κ3) is 3.12. The Morgan fingerprint density at radius 3 is 2.62 bits per heavy atom. The molecule has 0 N–H and O–H groups in total. The highest BCUT2D eigenvalue weighted by atomic mass is 32.1. The van der Waals surface area contributed by atoms with E-state index in [0.29, 0.717) is 29.0 Å². The number of rotatable bonds is 3. The number of amides is 1. The van der Waals surface area contributed by atoms with Crippen LogP contribution in [0.25, 0.3) is 10.8 Å².